The fraction of sp³-hybridized carbons (Fsp3) is 0.786. The van der Waals surface area contributed by atoms with Crippen molar-refractivity contribution in [3.05, 3.63) is 16.1 Å². The summed E-state index contributed by atoms with van der Waals surface area (Å²) in [5.41, 5.74) is 0.156. The average Bonchev–Trinajstić information content (AvgIpc) is 2.80. The molecular formula is C14H27N3OS. The van der Waals surface area contributed by atoms with Crippen LogP contribution in [-0.2, 0) is 16.7 Å². The quantitative estimate of drug-likeness (QED) is 0.742. The molecule has 0 aromatic carbocycles. The Labute approximate surface area is 121 Å². The molecule has 1 rings (SSSR count). The molecule has 0 bridgehead atoms. The fourth-order valence-electron chi connectivity index (χ4n) is 1.58. The molecule has 0 saturated heterocycles. The van der Waals surface area contributed by atoms with E-state index in [0.29, 0.717) is 0 Å². The summed E-state index contributed by atoms with van der Waals surface area (Å²) in [4.78, 5) is 8.07. The highest BCUT2D eigenvalue weighted by molar-refractivity contribution is 7.11. The third kappa shape index (κ3) is 6.47. The average molecular weight is 285 g/mol. The topological polar surface area (TPSA) is 37.4 Å². The normalized spacial score (nSPS) is 12.3. The number of methoxy groups -OCH3 is 1. The van der Waals surface area contributed by atoms with E-state index >= 15 is 0 Å². The van der Waals surface area contributed by atoms with Gasteiger partial charge < -0.3 is 15.0 Å². The zero-order chi connectivity index (χ0) is 14.3. The van der Waals surface area contributed by atoms with Crippen LogP contribution in [-0.4, -0.2) is 50.3 Å². The molecule has 0 aliphatic rings. The van der Waals surface area contributed by atoms with E-state index in [1.165, 1.54) is 9.88 Å². The van der Waals surface area contributed by atoms with Crippen molar-refractivity contribution in [2.45, 2.75) is 32.7 Å². The second-order valence-corrected chi connectivity index (χ2v) is 6.97. The Hall–Kier alpha value is -0.490. The Morgan fingerprint density at radius 2 is 2.11 bits per heavy atom. The van der Waals surface area contributed by atoms with Crippen molar-refractivity contribution in [2.24, 2.45) is 0 Å². The molecule has 0 amide bonds. The Morgan fingerprint density at radius 3 is 2.68 bits per heavy atom. The molecule has 110 valence electrons. The maximum atomic E-state index is 5.05. The molecule has 0 aliphatic heterocycles. The Kier molecular flexibility index (Phi) is 6.93. The monoisotopic (exact) mass is 285 g/mol. The first-order valence-electron chi connectivity index (χ1n) is 6.77. The summed E-state index contributed by atoms with van der Waals surface area (Å²) in [7, 11) is 3.85. The van der Waals surface area contributed by atoms with Crippen LogP contribution in [0.1, 0.15) is 30.7 Å². The summed E-state index contributed by atoms with van der Waals surface area (Å²) in [6.07, 6.45) is 1.99. The van der Waals surface area contributed by atoms with Gasteiger partial charge in [-0.15, -0.1) is 11.3 Å². The number of nitrogens with zero attached hydrogens (tertiary/aromatic N) is 2. The van der Waals surface area contributed by atoms with E-state index in [2.05, 4.69) is 43.0 Å². The number of ether oxygens (including phenoxy) is 1. The highest BCUT2D eigenvalue weighted by Crippen LogP contribution is 2.26. The molecule has 1 N–H and O–H groups in total. The minimum atomic E-state index is 0.156. The van der Waals surface area contributed by atoms with Gasteiger partial charge in [0.1, 0.15) is 0 Å². The molecule has 0 saturated carbocycles. The van der Waals surface area contributed by atoms with Crippen molar-refractivity contribution in [3.63, 3.8) is 0 Å². The summed E-state index contributed by atoms with van der Waals surface area (Å²) in [6, 6.07) is 0. The van der Waals surface area contributed by atoms with Gasteiger partial charge in [-0.25, -0.2) is 4.98 Å². The van der Waals surface area contributed by atoms with Gasteiger partial charge in [0.15, 0.2) is 0 Å². The van der Waals surface area contributed by atoms with Gasteiger partial charge in [0.2, 0.25) is 0 Å². The molecule has 0 spiro atoms. The summed E-state index contributed by atoms with van der Waals surface area (Å²) in [5.74, 6) is 0. The van der Waals surface area contributed by atoms with Gasteiger partial charge >= 0.3 is 0 Å². The number of aromatic nitrogens is 1. The molecule has 1 heterocycles. The number of nitrogens with one attached hydrogen (secondary N) is 1. The number of likely N-dealkylation sites (N-methyl/N-ethyl adjacent to an activating group) is 1. The lowest BCUT2D eigenvalue weighted by Gasteiger charge is -2.16. The van der Waals surface area contributed by atoms with Crippen molar-refractivity contribution in [1.82, 2.24) is 15.2 Å². The minimum absolute atomic E-state index is 0.156. The molecule has 0 radical (unpaired) electrons. The standard InChI is InChI=1S/C14H27N3OS/c1-14(2,3)13-16-11-12(19-13)10-15-6-7-17(4)8-9-18-5/h11,15H,6-10H2,1-5H3. The van der Waals surface area contributed by atoms with Crippen LogP contribution in [0.4, 0.5) is 0 Å². The van der Waals surface area contributed by atoms with Crippen LogP contribution >= 0.6 is 11.3 Å². The van der Waals surface area contributed by atoms with Gasteiger partial charge in [-0.05, 0) is 7.05 Å². The van der Waals surface area contributed by atoms with Gasteiger partial charge in [0.05, 0.1) is 11.6 Å². The van der Waals surface area contributed by atoms with Crippen LogP contribution in [0.15, 0.2) is 6.20 Å². The molecule has 19 heavy (non-hydrogen) atoms. The van der Waals surface area contributed by atoms with Crippen LogP contribution in [0.25, 0.3) is 0 Å². The van der Waals surface area contributed by atoms with Gasteiger partial charge in [0, 0.05) is 49.8 Å². The molecule has 0 atom stereocenters. The van der Waals surface area contributed by atoms with Gasteiger partial charge in [-0.3, -0.25) is 0 Å². The number of rotatable bonds is 8. The lowest BCUT2D eigenvalue weighted by molar-refractivity contribution is 0.161. The number of hydrogen-bond acceptors (Lipinski definition) is 5. The van der Waals surface area contributed by atoms with Crippen LogP contribution in [0, 0.1) is 0 Å². The fourth-order valence-corrected chi connectivity index (χ4v) is 2.52. The van der Waals surface area contributed by atoms with Gasteiger partial charge in [-0.2, -0.15) is 0 Å². The molecule has 0 fully saturated rings. The lowest BCUT2D eigenvalue weighted by Crippen LogP contribution is -2.31. The zero-order valence-corrected chi connectivity index (χ0v) is 13.6. The van der Waals surface area contributed by atoms with Crippen molar-refractivity contribution in [2.75, 3.05) is 40.4 Å². The van der Waals surface area contributed by atoms with E-state index in [1.807, 2.05) is 6.20 Å². The summed E-state index contributed by atoms with van der Waals surface area (Å²) in [5, 5.41) is 4.67. The predicted molar refractivity (Wildman–Crippen MR) is 81.9 cm³/mol. The Balaban J connectivity index is 2.21. The minimum Gasteiger partial charge on any atom is -0.383 e. The molecule has 1 aromatic heterocycles. The van der Waals surface area contributed by atoms with Crippen LogP contribution in [0.5, 0.6) is 0 Å². The van der Waals surface area contributed by atoms with Crippen LogP contribution in [0.2, 0.25) is 0 Å². The Bertz CT molecular complexity index is 360. The third-order valence-corrected chi connectivity index (χ3v) is 4.26. The van der Waals surface area contributed by atoms with E-state index in [4.69, 9.17) is 4.74 Å². The molecular weight excluding hydrogens is 258 g/mol. The lowest BCUT2D eigenvalue weighted by atomic mass is 9.98. The van der Waals surface area contributed by atoms with E-state index in [1.54, 1.807) is 18.4 Å². The second-order valence-electron chi connectivity index (χ2n) is 5.85. The van der Waals surface area contributed by atoms with Gasteiger partial charge in [-0.1, -0.05) is 20.8 Å². The SMILES string of the molecule is COCCN(C)CCNCc1cnc(C(C)(C)C)s1. The molecule has 5 heteroatoms. The van der Waals surface area contributed by atoms with E-state index < -0.39 is 0 Å². The highest BCUT2D eigenvalue weighted by atomic mass is 32.1. The Morgan fingerprint density at radius 1 is 1.37 bits per heavy atom. The van der Waals surface area contributed by atoms with Crippen LogP contribution < -0.4 is 5.32 Å². The van der Waals surface area contributed by atoms with Crippen molar-refractivity contribution in [3.8, 4) is 0 Å². The zero-order valence-electron chi connectivity index (χ0n) is 12.8. The van der Waals surface area contributed by atoms with Crippen molar-refractivity contribution in [1.29, 1.82) is 0 Å². The first-order chi connectivity index (χ1) is 8.93. The summed E-state index contributed by atoms with van der Waals surface area (Å²) in [6.45, 7) is 11.3. The largest absolute Gasteiger partial charge is 0.383 e. The van der Waals surface area contributed by atoms with Crippen molar-refractivity contribution >= 4 is 11.3 Å². The van der Waals surface area contributed by atoms with Gasteiger partial charge in [0.25, 0.3) is 0 Å². The smallest absolute Gasteiger partial charge is 0.0981 e. The van der Waals surface area contributed by atoms with Crippen LogP contribution in [0.3, 0.4) is 0 Å². The highest BCUT2D eigenvalue weighted by Gasteiger charge is 2.17. The van der Waals surface area contributed by atoms with E-state index in [0.717, 1.165) is 32.8 Å². The van der Waals surface area contributed by atoms with E-state index in [9.17, 15) is 0 Å². The number of hydrogen-bond donors (Lipinski definition) is 1. The molecule has 0 aliphatic carbocycles. The molecule has 1 aromatic rings. The van der Waals surface area contributed by atoms with Crippen molar-refractivity contribution < 1.29 is 4.74 Å². The predicted octanol–water partition coefficient (Wildman–Crippen LogP) is 2.11. The van der Waals surface area contributed by atoms with E-state index in [-0.39, 0.29) is 5.41 Å². The maximum absolute atomic E-state index is 5.05. The first-order valence-corrected chi connectivity index (χ1v) is 7.58. The second kappa shape index (κ2) is 7.94. The summed E-state index contributed by atoms with van der Waals surface area (Å²) < 4.78 is 5.05. The first kappa shape index (κ1) is 16.6. The maximum Gasteiger partial charge on any atom is 0.0981 e. The third-order valence-electron chi connectivity index (χ3n) is 2.84. The summed E-state index contributed by atoms with van der Waals surface area (Å²) >= 11 is 1.81. The molecule has 0 unspecified atom stereocenters. The number of thiazole rings is 1. The molecule has 4 nitrogen and oxygen atoms in total.